The first-order valence-electron chi connectivity index (χ1n) is 6.87. The molecule has 0 spiro atoms. The molecule has 0 heterocycles. The highest BCUT2D eigenvalue weighted by atomic mass is 35.5. The topological polar surface area (TPSA) is 92.5 Å². The lowest BCUT2D eigenvalue weighted by Crippen LogP contribution is -2.45. The number of benzene rings is 1. The molecule has 2 unspecified atom stereocenters. The van der Waals surface area contributed by atoms with Gasteiger partial charge in [0.05, 0.1) is 28.5 Å². The van der Waals surface area contributed by atoms with Crippen molar-refractivity contribution < 1.29 is 14.8 Å². The minimum absolute atomic E-state index is 0.0417. The molecule has 7 heteroatoms. The summed E-state index contributed by atoms with van der Waals surface area (Å²) in [7, 11) is 0. The molecule has 1 saturated carbocycles. The summed E-state index contributed by atoms with van der Waals surface area (Å²) in [5.74, 6) is -0.239. The number of non-ortho nitro benzene ring substituents is 1. The van der Waals surface area contributed by atoms with Gasteiger partial charge in [-0.1, -0.05) is 30.5 Å². The van der Waals surface area contributed by atoms with E-state index in [1.165, 1.54) is 18.2 Å². The lowest BCUT2D eigenvalue weighted by molar-refractivity contribution is -0.384. The van der Waals surface area contributed by atoms with Gasteiger partial charge in [0.1, 0.15) is 0 Å². The van der Waals surface area contributed by atoms with Crippen molar-refractivity contribution in [2.24, 2.45) is 0 Å². The summed E-state index contributed by atoms with van der Waals surface area (Å²) in [6.07, 6.45) is 2.96. The fraction of sp³-hybridized carbons (Fsp3) is 0.500. The van der Waals surface area contributed by atoms with E-state index in [9.17, 15) is 20.0 Å². The summed E-state index contributed by atoms with van der Waals surface area (Å²) < 4.78 is 0. The van der Waals surface area contributed by atoms with E-state index in [0.717, 1.165) is 19.3 Å². The monoisotopic (exact) mass is 312 g/mol. The lowest BCUT2D eigenvalue weighted by Gasteiger charge is -2.28. The first-order valence-corrected chi connectivity index (χ1v) is 7.25. The van der Waals surface area contributed by atoms with E-state index in [-0.39, 0.29) is 29.1 Å². The van der Waals surface area contributed by atoms with Crippen molar-refractivity contribution in [2.45, 2.75) is 44.2 Å². The molecule has 0 radical (unpaired) electrons. The second kappa shape index (κ2) is 6.87. The highest BCUT2D eigenvalue weighted by Crippen LogP contribution is 2.23. The van der Waals surface area contributed by atoms with Crippen molar-refractivity contribution in [1.29, 1.82) is 0 Å². The van der Waals surface area contributed by atoms with Gasteiger partial charge in [0, 0.05) is 12.1 Å². The maximum atomic E-state index is 12.0. The molecule has 2 N–H and O–H groups in total. The Morgan fingerprint density at radius 1 is 1.43 bits per heavy atom. The van der Waals surface area contributed by atoms with Crippen LogP contribution in [0.25, 0.3) is 0 Å². The van der Waals surface area contributed by atoms with Crippen LogP contribution in [0.3, 0.4) is 0 Å². The van der Waals surface area contributed by atoms with E-state index in [2.05, 4.69) is 5.32 Å². The Labute approximate surface area is 127 Å². The summed E-state index contributed by atoms with van der Waals surface area (Å²) in [4.78, 5) is 22.1. The zero-order chi connectivity index (χ0) is 15.4. The van der Waals surface area contributed by atoms with Gasteiger partial charge in [-0.3, -0.25) is 14.9 Å². The van der Waals surface area contributed by atoms with E-state index in [1.807, 2.05) is 0 Å². The van der Waals surface area contributed by atoms with Crippen LogP contribution in [-0.4, -0.2) is 28.1 Å². The summed E-state index contributed by atoms with van der Waals surface area (Å²) >= 11 is 5.96. The lowest BCUT2D eigenvalue weighted by atomic mass is 9.92. The standard InChI is InChI=1S/C14H17ClN2O4/c15-11-8-10(17(20)21)6-5-9(11)7-14(19)16-12-3-1-2-4-13(12)18/h5-6,8,12-13,18H,1-4,7H2,(H,16,19). The van der Waals surface area contributed by atoms with Gasteiger partial charge in [0.25, 0.3) is 5.69 Å². The molecule has 1 aromatic rings. The van der Waals surface area contributed by atoms with Crippen LogP contribution >= 0.6 is 11.6 Å². The highest BCUT2D eigenvalue weighted by molar-refractivity contribution is 6.31. The first kappa shape index (κ1) is 15.7. The van der Waals surface area contributed by atoms with Crippen LogP contribution in [-0.2, 0) is 11.2 Å². The van der Waals surface area contributed by atoms with Crippen molar-refractivity contribution in [3.8, 4) is 0 Å². The van der Waals surface area contributed by atoms with Crippen LogP contribution < -0.4 is 5.32 Å². The van der Waals surface area contributed by atoms with Crippen molar-refractivity contribution in [1.82, 2.24) is 5.32 Å². The summed E-state index contributed by atoms with van der Waals surface area (Å²) in [6, 6.07) is 3.82. The number of carbonyl (C=O) groups excluding carboxylic acids is 1. The van der Waals surface area contributed by atoms with E-state index >= 15 is 0 Å². The molecule has 21 heavy (non-hydrogen) atoms. The molecule has 0 bridgehead atoms. The Morgan fingerprint density at radius 3 is 2.76 bits per heavy atom. The van der Waals surface area contributed by atoms with Crippen LogP contribution in [0.2, 0.25) is 5.02 Å². The molecule has 0 aromatic heterocycles. The number of nitrogens with zero attached hydrogens (tertiary/aromatic N) is 1. The molecule has 1 aliphatic rings. The van der Waals surface area contributed by atoms with Gasteiger partial charge in [-0.15, -0.1) is 0 Å². The Kier molecular flexibility index (Phi) is 5.14. The van der Waals surface area contributed by atoms with Crippen LogP contribution in [0.5, 0.6) is 0 Å². The van der Waals surface area contributed by atoms with Gasteiger partial charge < -0.3 is 10.4 Å². The molecule has 0 saturated heterocycles. The van der Waals surface area contributed by atoms with E-state index in [0.29, 0.717) is 12.0 Å². The summed E-state index contributed by atoms with van der Waals surface area (Å²) in [5.41, 5.74) is 0.428. The van der Waals surface area contributed by atoms with Gasteiger partial charge in [0.15, 0.2) is 0 Å². The Bertz CT molecular complexity index is 550. The predicted molar refractivity (Wildman–Crippen MR) is 78.2 cm³/mol. The van der Waals surface area contributed by atoms with Crippen LogP contribution in [0.4, 0.5) is 5.69 Å². The predicted octanol–water partition coefficient (Wildman–Crippen LogP) is 2.21. The van der Waals surface area contributed by atoms with Gasteiger partial charge in [0.2, 0.25) is 5.91 Å². The number of nitrogens with one attached hydrogen (secondary N) is 1. The van der Waals surface area contributed by atoms with Crippen molar-refractivity contribution >= 4 is 23.2 Å². The number of nitro benzene ring substituents is 1. The Hall–Kier alpha value is -1.66. The number of halogens is 1. The number of aliphatic hydroxyl groups is 1. The fourth-order valence-corrected chi connectivity index (χ4v) is 2.75. The molecule has 2 rings (SSSR count). The average Bonchev–Trinajstić information content (AvgIpc) is 2.43. The number of amides is 1. The number of nitro groups is 1. The zero-order valence-corrected chi connectivity index (χ0v) is 12.2. The van der Waals surface area contributed by atoms with Gasteiger partial charge in [-0.2, -0.15) is 0 Å². The molecular weight excluding hydrogens is 296 g/mol. The van der Waals surface area contributed by atoms with Crippen LogP contribution in [0.15, 0.2) is 18.2 Å². The van der Waals surface area contributed by atoms with Gasteiger partial charge in [-0.25, -0.2) is 0 Å². The Morgan fingerprint density at radius 2 is 2.14 bits per heavy atom. The minimum Gasteiger partial charge on any atom is -0.391 e. The molecule has 114 valence electrons. The molecule has 1 aromatic carbocycles. The van der Waals surface area contributed by atoms with Gasteiger partial charge in [-0.05, 0) is 18.4 Å². The number of carbonyl (C=O) groups is 1. The van der Waals surface area contributed by atoms with Crippen LogP contribution in [0.1, 0.15) is 31.2 Å². The summed E-state index contributed by atoms with van der Waals surface area (Å²) in [5, 5.41) is 23.4. The smallest absolute Gasteiger partial charge is 0.270 e. The quantitative estimate of drug-likeness (QED) is 0.658. The van der Waals surface area contributed by atoms with E-state index in [1.54, 1.807) is 0 Å². The number of aliphatic hydroxyl groups excluding tert-OH is 1. The minimum atomic E-state index is -0.534. The molecule has 1 amide bonds. The maximum absolute atomic E-state index is 12.0. The van der Waals surface area contributed by atoms with E-state index in [4.69, 9.17) is 11.6 Å². The van der Waals surface area contributed by atoms with Gasteiger partial charge >= 0.3 is 0 Å². The molecule has 0 aliphatic heterocycles. The molecule has 1 fully saturated rings. The molecular formula is C14H17ClN2O4. The second-order valence-electron chi connectivity index (χ2n) is 5.24. The van der Waals surface area contributed by atoms with E-state index < -0.39 is 11.0 Å². The number of hydrogen-bond donors (Lipinski definition) is 2. The fourth-order valence-electron chi connectivity index (χ4n) is 2.50. The molecule has 1 aliphatic carbocycles. The highest BCUT2D eigenvalue weighted by Gasteiger charge is 2.24. The Balaban J connectivity index is 1.97. The SMILES string of the molecule is O=C(Cc1ccc([N+](=O)[O-])cc1Cl)NC1CCCCC1O. The third kappa shape index (κ3) is 4.15. The molecule has 2 atom stereocenters. The van der Waals surface area contributed by atoms with Crippen molar-refractivity contribution in [3.05, 3.63) is 38.9 Å². The van der Waals surface area contributed by atoms with Crippen molar-refractivity contribution in [3.63, 3.8) is 0 Å². The van der Waals surface area contributed by atoms with Crippen LogP contribution in [0, 0.1) is 10.1 Å². The number of hydrogen-bond acceptors (Lipinski definition) is 4. The molecule has 6 nitrogen and oxygen atoms in total. The summed E-state index contributed by atoms with van der Waals surface area (Å²) in [6.45, 7) is 0. The first-order chi connectivity index (χ1) is 9.97. The number of rotatable bonds is 4. The third-order valence-corrected chi connectivity index (χ3v) is 4.03. The maximum Gasteiger partial charge on any atom is 0.270 e. The second-order valence-corrected chi connectivity index (χ2v) is 5.64. The normalized spacial score (nSPS) is 21.8. The van der Waals surface area contributed by atoms with Crippen molar-refractivity contribution in [2.75, 3.05) is 0 Å². The average molecular weight is 313 g/mol. The third-order valence-electron chi connectivity index (χ3n) is 3.67. The largest absolute Gasteiger partial charge is 0.391 e. The zero-order valence-electron chi connectivity index (χ0n) is 11.4.